The molecule has 8 heteroatoms. The van der Waals surface area contributed by atoms with E-state index in [9.17, 15) is 0 Å². The average molecular weight is 520 g/mol. The maximum absolute atomic E-state index is 5.62. The summed E-state index contributed by atoms with van der Waals surface area (Å²) in [5, 5.41) is 6.57. The molecule has 3 rings (SSSR count). The van der Waals surface area contributed by atoms with Gasteiger partial charge in [0.2, 0.25) is 5.89 Å². The first-order chi connectivity index (χ1) is 14.0. The molecule has 0 radical (unpaired) electrons. The number of benzene rings is 1. The third-order valence-electron chi connectivity index (χ3n) is 4.32. The van der Waals surface area contributed by atoms with E-state index in [2.05, 4.69) is 32.5 Å². The van der Waals surface area contributed by atoms with Crippen LogP contribution in [0.15, 0.2) is 58.3 Å². The predicted octanol–water partition coefficient (Wildman–Crippen LogP) is 3.98. The van der Waals surface area contributed by atoms with Crippen molar-refractivity contribution in [1.29, 1.82) is 0 Å². The highest BCUT2D eigenvalue weighted by Crippen LogP contribution is 2.19. The molecule has 3 aromatic rings. The predicted molar refractivity (Wildman–Crippen MR) is 132 cm³/mol. The SMILES string of the molecule is CCNC(=NCc1ccnc(N(C)C)c1)NCc1coc(-c2ccc(C)cc2)n1.I. The summed E-state index contributed by atoms with van der Waals surface area (Å²) in [7, 11) is 3.95. The highest BCUT2D eigenvalue weighted by Gasteiger charge is 2.07. The van der Waals surface area contributed by atoms with Crippen LogP contribution in [0.2, 0.25) is 0 Å². The number of aromatic nitrogens is 2. The lowest BCUT2D eigenvalue weighted by molar-refractivity contribution is 0.572. The zero-order valence-electron chi connectivity index (χ0n) is 17.8. The number of hydrogen-bond donors (Lipinski definition) is 2. The lowest BCUT2D eigenvalue weighted by Crippen LogP contribution is -2.36. The normalized spacial score (nSPS) is 11.0. The van der Waals surface area contributed by atoms with Crippen LogP contribution in [-0.2, 0) is 13.1 Å². The van der Waals surface area contributed by atoms with Gasteiger partial charge in [0.15, 0.2) is 5.96 Å². The Morgan fingerprint density at radius 1 is 1.13 bits per heavy atom. The van der Waals surface area contributed by atoms with Crippen molar-refractivity contribution in [3.63, 3.8) is 0 Å². The van der Waals surface area contributed by atoms with E-state index in [1.807, 2.05) is 68.5 Å². The topological polar surface area (TPSA) is 78.6 Å². The highest BCUT2D eigenvalue weighted by atomic mass is 127. The summed E-state index contributed by atoms with van der Waals surface area (Å²) in [5.41, 5.74) is 4.10. The molecule has 0 aliphatic carbocycles. The van der Waals surface area contributed by atoms with E-state index in [-0.39, 0.29) is 24.0 Å². The summed E-state index contributed by atoms with van der Waals surface area (Å²) in [4.78, 5) is 15.5. The third kappa shape index (κ3) is 6.72. The molecule has 1 aromatic carbocycles. The van der Waals surface area contributed by atoms with Crippen molar-refractivity contribution in [2.45, 2.75) is 26.9 Å². The van der Waals surface area contributed by atoms with E-state index < -0.39 is 0 Å². The first-order valence-electron chi connectivity index (χ1n) is 9.71. The number of aliphatic imine (C=N–C) groups is 1. The minimum Gasteiger partial charge on any atom is -0.444 e. The Kier molecular flexibility index (Phi) is 9.10. The molecule has 0 unspecified atom stereocenters. The number of rotatable bonds is 7. The molecule has 2 aromatic heterocycles. The van der Waals surface area contributed by atoms with Crippen LogP contribution in [0.3, 0.4) is 0 Å². The quantitative estimate of drug-likeness (QED) is 0.279. The zero-order chi connectivity index (χ0) is 20.6. The lowest BCUT2D eigenvalue weighted by Gasteiger charge is -2.12. The van der Waals surface area contributed by atoms with Crippen LogP contribution in [0.4, 0.5) is 5.82 Å². The Morgan fingerprint density at radius 2 is 1.90 bits per heavy atom. The Balaban J connectivity index is 0.00000320. The number of oxazole rings is 1. The van der Waals surface area contributed by atoms with Gasteiger partial charge in [-0.2, -0.15) is 0 Å². The number of halogens is 1. The minimum atomic E-state index is 0. The fourth-order valence-electron chi connectivity index (χ4n) is 2.71. The van der Waals surface area contributed by atoms with Gasteiger partial charge in [-0.05, 0) is 43.7 Å². The van der Waals surface area contributed by atoms with Gasteiger partial charge in [0, 0.05) is 32.4 Å². The van der Waals surface area contributed by atoms with Crippen molar-refractivity contribution >= 4 is 35.8 Å². The number of pyridine rings is 1. The monoisotopic (exact) mass is 520 g/mol. The molecule has 0 amide bonds. The fourth-order valence-corrected chi connectivity index (χ4v) is 2.71. The molecule has 0 atom stereocenters. The standard InChI is InChI=1S/C22H28N6O.HI/c1-5-23-22(25-13-17-10-11-24-20(12-17)28(3)4)26-14-19-15-29-21(27-19)18-8-6-16(2)7-9-18;/h6-12,15H,5,13-14H2,1-4H3,(H2,23,25,26);1H. The summed E-state index contributed by atoms with van der Waals surface area (Å²) in [6.45, 7) is 5.97. The van der Waals surface area contributed by atoms with E-state index in [1.165, 1.54) is 5.56 Å². The number of nitrogens with zero attached hydrogens (tertiary/aromatic N) is 4. The van der Waals surface area contributed by atoms with Gasteiger partial charge in [-0.1, -0.05) is 17.7 Å². The zero-order valence-corrected chi connectivity index (χ0v) is 20.2. The van der Waals surface area contributed by atoms with Crippen molar-refractivity contribution in [3.8, 4) is 11.5 Å². The van der Waals surface area contributed by atoms with Crippen LogP contribution >= 0.6 is 24.0 Å². The largest absolute Gasteiger partial charge is 0.444 e. The smallest absolute Gasteiger partial charge is 0.226 e. The maximum atomic E-state index is 5.62. The first-order valence-corrected chi connectivity index (χ1v) is 9.71. The maximum Gasteiger partial charge on any atom is 0.226 e. The molecule has 0 bridgehead atoms. The van der Waals surface area contributed by atoms with Crippen molar-refractivity contribution in [1.82, 2.24) is 20.6 Å². The number of guanidine groups is 1. The molecule has 0 saturated heterocycles. The van der Waals surface area contributed by atoms with Gasteiger partial charge < -0.3 is 20.0 Å². The summed E-state index contributed by atoms with van der Waals surface area (Å²) >= 11 is 0. The molecule has 7 nitrogen and oxygen atoms in total. The van der Waals surface area contributed by atoms with E-state index in [0.29, 0.717) is 19.0 Å². The van der Waals surface area contributed by atoms with Crippen LogP contribution in [0.5, 0.6) is 0 Å². The summed E-state index contributed by atoms with van der Waals surface area (Å²) in [5.74, 6) is 2.27. The molecule has 160 valence electrons. The van der Waals surface area contributed by atoms with E-state index >= 15 is 0 Å². The molecule has 0 aliphatic heterocycles. The molecule has 0 fully saturated rings. The lowest BCUT2D eigenvalue weighted by atomic mass is 10.1. The van der Waals surface area contributed by atoms with Crippen molar-refractivity contribution < 1.29 is 4.42 Å². The second-order valence-corrected chi connectivity index (χ2v) is 6.98. The summed E-state index contributed by atoms with van der Waals surface area (Å²) in [6.07, 6.45) is 3.49. The van der Waals surface area contributed by atoms with Crippen LogP contribution in [0.1, 0.15) is 23.7 Å². The molecule has 30 heavy (non-hydrogen) atoms. The minimum absolute atomic E-state index is 0. The molecule has 2 N–H and O–H groups in total. The van der Waals surface area contributed by atoms with Crippen LogP contribution < -0.4 is 15.5 Å². The van der Waals surface area contributed by atoms with Crippen molar-refractivity contribution in [3.05, 3.63) is 65.7 Å². The van der Waals surface area contributed by atoms with Gasteiger partial charge in [0.25, 0.3) is 0 Å². The van der Waals surface area contributed by atoms with E-state index in [0.717, 1.165) is 35.1 Å². The molecule has 0 saturated carbocycles. The molecule has 2 heterocycles. The van der Waals surface area contributed by atoms with Crippen molar-refractivity contribution in [2.24, 2.45) is 4.99 Å². The van der Waals surface area contributed by atoms with E-state index in [1.54, 1.807) is 6.26 Å². The Morgan fingerprint density at radius 3 is 2.60 bits per heavy atom. The van der Waals surface area contributed by atoms with Gasteiger partial charge >= 0.3 is 0 Å². The van der Waals surface area contributed by atoms with Gasteiger partial charge in [-0.3, -0.25) is 0 Å². The Bertz CT molecular complexity index is 952. The molecule has 0 spiro atoms. The highest BCUT2D eigenvalue weighted by molar-refractivity contribution is 14.0. The van der Waals surface area contributed by atoms with Crippen molar-refractivity contribution in [2.75, 3.05) is 25.5 Å². The second-order valence-electron chi connectivity index (χ2n) is 6.98. The van der Waals surface area contributed by atoms with Gasteiger partial charge in [-0.15, -0.1) is 24.0 Å². The fraction of sp³-hybridized carbons (Fsp3) is 0.318. The number of hydrogen-bond acceptors (Lipinski definition) is 5. The second kappa shape index (κ2) is 11.5. The molecular formula is C22H29IN6O. The van der Waals surface area contributed by atoms with Gasteiger partial charge in [0.1, 0.15) is 12.1 Å². The Hall–Kier alpha value is -2.62. The van der Waals surface area contributed by atoms with E-state index in [4.69, 9.17) is 4.42 Å². The number of aryl methyl sites for hydroxylation is 1. The molecular weight excluding hydrogens is 491 g/mol. The average Bonchev–Trinajstić information content (AvgIpc) is 3.20. The number of nitrogens with one attached hydrogen (secondary N) is 2. The van der Waals surface area contributed by atoms with Crippen LogP contribution in [0.25, 0.3) is 11.5 Å². The first kappa shape index (κ1) is 23.7. The summed E-state index contributed by atoms with van der Waals surface area (Å²) < 4.78 is 5.62. The van der Waals surface area contributed by atoms with Crippen LogP contribution in [0, 0.1) is 6.92 Å². The third-order valence-corrected chi connectivity index (χ3v) is 4.32. The van der Waals surface area contributed by atoms with Gasteiger partial charge in [-0.25, -0.2) is 15.0 Å². The summed E-state index contributed by atoms with van der Waals surface area (Å²) in [6, 6.07) is 12.1. The van der Waals surface area contributed by atoms with Gasteiger partial charge in [0.05, 0.1) is 18.8 Å². The van der Waals surface area contributed by atoms with Crippen LogP contribution in [-0.4, -0.2) is 36.6 Å². The molecule has 0 aliphatic rings. The number of anilines is 1. The Labute approximate surface area is 195 Å².